The van der Waals surface area contributed by atoms with E-state index in [0.717, 1.165) is 19.5 Å². The van der Waals surface area contributed by atoms with Crippen molar-refractivity contribution in [3.63, 3.8) is 0 Å². The molecule has 1 aromatic rings. The third kappa shape index (κ3) is 4.23. The third-order valence-electron chi connectivity index (χ3n) is 3.32. The van der Waals surface area contributed by atoms with Gasteiger partial charge in [-0.2, -0.15) is 0 Å². The van der Waals surface area contributed by atoms with Crippen molar-refractivity contribution in [2.24, 2.45) is 0 Å². The molecular weight excluding hydrogens is 252 g/mol. The number of amides is 1. The van der Waals surface area contributed by atoms with E-state index >= 15 is 0 Å². The van der Waals surface area contributed by atoms with Crippen LogP contribution in [0.3, 0.4) is 0 Å². The van der Waals surface area contributed by atoms with Gasteiger partial charge >= 0.3 is 6.09 Å². The molecule has 1 atom stereocenters. The first-order chi connectivity index (χ1) is 9.46. The maximum absolute atomic E-state index is 11.4. The lowest BCUT2D eigenvalue weighted by atomic mass is 9.78. The summed E-state index contributed by atoms with van der Waals surface area (Å²) < 4.78 is 5.17. The molecule has 1 aliphatic rings. The Labute approximate surface area is 120 Å². The van der Waals surface area contributed by atoms with Crippen molar-refractivity contribution in [1.82, 2.24) is 10.6 Å². The fourth-order valence-electron chi connectivity index (χ4n) is 2.39. The van der Waals surface area contributed by atoms with Gasteiger partial charge in [-0.25, -0.2) is 4.79 Å². The second-order valence-corrected chi connectivity index (χ2v) is 6.23. The van der Waals surface area contributed by atoms with E-state index in [4.69, 9.17) is 4.74 Å². The molecule has 1 aromatic carbocycles. The average molecular weight is 276 g/mol. The van der Waals surface area contributed by atoms with Crippen LogP contribution >= 0.6 is 0 Å². The smallest absolute Gasteiger partial charge is 0.407 e. The van der Waals surface area contributed by atoms with Crippen LogP contribution in [0.5, 0.6) is 0 Å². The summed E-state index contributed by atoms with van der Waals surface area (Å²) in [7, 11) is 0. The molecule has 2 rings (SSSR count). The number of nitrogens with one attached hydrogen (secondary N) is 2. The second-order valence-electron chi connectivity index (χ2n) is 6.23. The van der Waals surface area contributed by atoms with Gasteiger partial charge in [0.2, 0.25) is 0 Å². The molecule has 0 saturated heterocycles. The summed E-state index contributed by atoms with van der Waals surface area (Å²) in [6, 6.07) is 8.57. The highest BCUT2D eigenvalue weighted by Gasteiger charge is 2.24. The number of benzene rings is 1. The van der Waals surface area contributed by atoms with E-state index < -0.39 is 5.60 Å². The summed E-state index contributed by atoms with van der Waals surface area (Å²) in [6.45, 7) is 7.89. The molecule has 4 heteroatoms. The van der Waals surface area contributed by atoms with Crippen LogP contribution in [0.2, 0.25) is 0 Å². The predicted molar refractivity (Wildman–Crippen MR) is 80.0 cm³/mol. The SMILES string of the molecule is CC(C)(C)OC(=O)NCCNCC1Cc2ccccc21. The highest BCUT2D eigenvalue weighted by molar-refractivity contribution is 5.67. The fourth-order valence-corrected chi connectivity index (χ4v) is 2.39. The predicted octanol–water partition coefficient (Wildman–Crippen LogP) is 2.44. The maximum Gasteiger partial charge on any atom is 0.407 e. The van der Waals surface area contributed by atoms with E-state index in [1.54, 1.807) is 0 Å². The van der Waals surface area contributed by atoms with Crippen molar-refractivity contribution >= 4 is 6.09 Å². The summed E-state index contributed by atoms with van der Waals surface area (Å²) in [6.07, 6.45) is 0.802. The Morgan fingerprint density at radius 2 is 2.05 bits per heavy atom. The quantitative estimate of drug-likeness (QED) is 0.812. The molecule has 0 aliphatic heterocycles. The molecule has 110 valence electrons. The van der Waals surface area contributed by atoms with Crippen LogP contribution < -0.4 is 10.6 Å². The first-order valence-corrected chi connectivity index (χ1v) is 7.21. The zero-order valence-corrected chi connectivity index (χ0v) is 12.5. The summed E-state index contributed by atoms with van der Waals surface area (Å²) in [5, 5.41) is 6.12. The zero-order valence-electron chi connectivity index (χ0n) is 12.5. The van der Waals surface area contributed by atoms with Gasteiger partial charge in [-0.15, -0.1) is 0 Å². The van der Waals surface area contributed by atoms with Crippen molar-refractivity contribution in [2.45, 2.75) is 38.7 Å². The van der Waals surface area contributed by atoms with E-state index in [1.807, 2.05) is 20.8 Å². The van der Waals surface area contributed by atoms with E-state index in [9.17, 15) is 4.79 Å². The highest BCUT2D eigenvalue weighted by atomic mass is 16.6. The lowest BCUT2D eigenvalue weighted by Gasteiger charge is -2.30. The Hall–Kier alpha value is -1.55. The molecule has 0 heterocycles. The molecule has 0 saturated carbocycles. The average Bonchev–Trinajstić information content (AvgIpc) is 2.31. The monoisotopic (exact) mass is 276 g/mol. The number of carbonyl (C=O) groups excluding carboxylic acids is 1. The van der Waals surface area contributed by atoms with E-state index in [-0.39, 0.29) is 6.09 Å². The Balaban J connectivity index is 1.56. The zero-order chi connectivity index (χ0) is 14.6. The Morgan fingerprint density at radius 3 is 2.75 bits per heavy atom. The standard InChI is InChI=1S/C16H24N2O2/c1-16(2,3)20-15(19)18-9-8-17-11-13-10-12-6-4-5-7-14(12)13/h4-7,13,17H,8-11H2,1-3H3,(H,18,19). The minimum atomic E-state index is -0.437. The molecule has 2 N–H and O–H groups in total. The number of alkyl carbamates (subject to hydrolysis) is 1. The van der Waals surface area contributed by atoms with Gasteiger partial charge in [-0.05, 0) is 38.3 Å². The van der Waals surface area contributed by atoms with Crippen LogP contribution in [0, 0.1) is 0 Å². The van der Waals surface area contributed by atoms with Crippen molar-refractivity contribution < 1.29 is 9.53 Å². The molecule has 0 radical (unpaired) electrons. The van der Waals surface area contributed by atoms with Gasteiger partial charge in [0.05, 0.1) is 0 Å². The van der Waals surface area contributed by atoms with Crippen LogP contribution in [0.1, 0.15) is 37.8 Å². The van der Waals surface area contributed by atoms with Gasteiger partial charge in [-0.3, -0.25) is 0 Å². The molecule has 0 aromatic heterocycles. The number of carbonyl (C=O) groups is 1. The first-order valence-electron chi connectivity index (χ1n) is 7.21. The summed E-state index contributed by atoms with van der Waals surface area (Å²) >= 11 is 0. The molecule has 20 heavy (non-hydrogen) atoms. The van der Waals surface area contributed by atoms with Gasteiger partial charge < -0.3 is 15.4 Å². The molecule has 4 nitrogen and oxygen atoms in total. The van der Waals surface area contributed by atoms with E-state index in [2.05, 4.69) is 34.9 Å². The summed E-state index contributed by atoms with van der Waals surface area (Å²) in [4.78, 5) is 11.4. The molecular formula is C16H24N2O2. The Kier molecular flexibility index (Phi) is 4.65. The number of hydrogen-bond acceptors (Lipinski definition) is 3. The lowest BCUT2D eigenvalue weighted by molar-refractivity contribution is 0.0528. The normalized spacial score (nSPS) is 17.1. The topological polar surface area (TPSA) is 50.4 Å². The Morgan fingerprint density at radius 1 is 1.30 bits per heavy atom. The van der Waals surface area contributed by atoms with E-state index in [0.29, 0.717) is 12.5 Å². The molecule has 0 bridgehead atoms. The number of fused-ring (bicyclic) bond motifs is 1. The van der Waals surface area contributed by atoms with Crippen molar-refractivity contribution in [3.8, 4) is 0 Å². The summed E-state index contributed by atoms with van der Waals surface area (Å²) in [5.74, 6) is 0.618. The largest absolute Gasteiger partial charge is 0.444 e. The lowest BCUT2D eigenvalue weighted by Crippen LogP contribution is -2.38. The maximum atomic E-state index is 11.4. The van der Waals surface area contributed by atoms with Gasteiger partial charge in [0.25, 0.3) is 0 Å². The summed E-state index contributed by atoms with van der Waals surface area (Å²) in [5.41, 5.74) is 2.49. The first kappa shape index (κ1) is 14.9. The van der Waals surface area contributed by atoms with Crippen LogP contribution in [0.25, 0.3) is 0 Å². The fraction of sp³-hybridized carbons (Fsp3) is 0.562. The van der Waals surface area contributed by atoms with Crippen molar-refractivity contribution in [3.05, 3.63) is 35.4 Å². The minimum absolute atomic E-state index is 0.353. The third-order valence-corrected chi connectivity index (χ3v) is 3.32. The highest BCUT2D eigenvalue weighted by Crippen LogP contribution is 2.33. The van der Waals surface area contributed by atoms with Crippen molar-refractivity contribution in [1.29, 1.82) is 0 Å². The van der Waals surface area contributed by atoms with Gasteiger partial charge in [0.1, 0.15) is 5.60 Å². The molecule has 0 spiro atoms. The minimum Gasteiger partial charge on any atom is -0.444 e. The van der Waals surface area contributed by atoms with Gasteiger partial charge in [0.15, 0.2) is 0 Å². The van der Waals surface area contributed by atoms with Gasteiger partial charge in [-0.1, -0.05) is 24.3 Å². The van der Waals surface area contributed by atoms with Crippen LogP contribution in [-0.2, 0) is 11.2 Å². The van der Waals surface area contributed by atoms with Crippen LogP contribution in [0.4, 0.5) is 4.79 Å². The van der Waals surface area contributed by atoms with Crippen LogP contribution in [0.15, 0.2) is 24.3 Å². The molecule has 1 unspecified atom stereocenters. The van der Waals surface area contributed by atoms with Crippen molar-refractivity contribution in [2.75, 3.05) is 19.6 Å². The Bertz CT molecular complexity index is 466. The van der Waals surface area contributed by atoms with E-state index in [1.165, 1.54) is 11.1 Å². The molecule has 1 aliphatic carbocycles. The molecule has 1 amide bonds. The number of hydrogen-bond donors (Lipinski definition) is 2. The number of ether oxygens (including phenoxy) is 1. The van der Waals surface area contributed by atoms with Crippen LogP contribution in [-0.4, -0.2) is 31.3 Å². The van der Waals surface area contributed by atoms with Gasteiger partial charge in [0, 0.05) is 25.6 Å². The molecule has 0 fully saturated rings. The number of rotatable bonds is 5. The second kappa shape index (κ2) is 6.27.